The molecule has 29 heavy (non-hydrogen) atoms. The molecule has 0 spiro atoms. The van der Waals surface area contributed by atoms with Crippen molar-refractivity contribution >= 4 is 11.8 Å². The zero-order valence-electron chi connectivity index (χ0n) is 16.5. The van der Waals surface area contributed by atoms with Gasteiger partial charge in [0.25, 0.3) is 5.56 Å². The van der Waals surface area contributed by atoms with E-state index in [0.717, 1.165) is 5.69 Å². The molecular weight excluding hydrogens is 370 g/mol. The first-order valence-corrected chi connectivity index (χ1v) is 9.46. The van der Waals surface area contributed by atoms with E-state index < -0.39 is 0 Å². The Balaban J connectivity index is 1.58. The van der Waals surface area contributed by atoms with Crippen LogP contribution in [0, 0.1) is 19.8 Å². The van der Waals surface area contributed by atoms with E-state index >= 15 is 0 Å². The van der Waals surface area contributed by atoms with E-state index in [1.54, 1.807) is 36.1 Å². The Morgan fingerprint density at radius 1 is 1.07 bits per heavy atom. The first-order valence-electron chi connectivity index (χ1n) is 9.46. The number of hydrogen-bond acceptors (Lipinski definition) is 8. The van der Waals surface area contributed by atoms with Gasteiger partial charge in [0.1, 0.15) is 5.82 Å². The molecule has 152 valence electrons. The van der Waals surface area contributed by atoms with Crippen molar-refractivity contribution in [3.63, 3.8) is 0 Å². The van der Waals surface area contributed by atoms with Crippen LogP contribution in [0.5, 0.6) is 0 Å². The van der Waals surface area contributed by atoms with Crippen LogP contribution in [0.1, 0.15) is 17.7 Å². The first kappa shape index (κ1) is 20.4. The summed E-state index contributed by atoms with van der Waals surface area (Å²) in [5, 5.41) is 23.7. The lowest BCUT2D eigenvalue weighted by molar-refractivity contribution is 0.263. The topological polar surface area (TPSA) is 118 Å². The van der Waals surface area contributed by atoms with Crippen molar-refractivity contribution in [3.8, 4) is 5.69 Å². The third-order valence-electron chi connectivity index (χ3n) is 4.50. The second-order valence-electron chi connectivity index (χ2n) is 6.83. The molecule has 0 unspecified atom stereocenters. The molecule has 9 heteroatoms. The first-order chi connectivity index (χ1) is 14.1. The van der Waals surface area contributed by atoms with Crippen molar-refractivity contribution in [1.82, 2.24) is 24.7 Å². The minimum Gasteiger partial charge on any atom is -0.396 e. The molecule has 0 fully saturated rings. The standard InChI is InChI=1S/C20H25N7O2/c1-14-4-3-8-27(19(14)29)17-5-6-18(22-13-17)21-11-16(7-9-28)12-24-20-23-10-15(2)25-26-20/h3-6,8,10,13,16,28H,7,9,11-12H2,1-2H3,(H,21,22)(H,23,24,26)/t16-/m1/s1. The third kappa shape index (κ3) is 5.58. The van der Waals surface area contributed by atoms with Crippen LogP contribution < -0.4 is 16.2 Å². The van der Waals surface area contributed by atoms with Crippen LogP contribution in [-0.4, -0.2) is 49.5 Å². The van der Waals surface area contributed by atoms with E-state index in [0.29, 0.717) is 42.5 Å². The second-order valence-corrected chi connectivity index (χ2v) is 6.83. The molecule has 0 aliphatic rings. The number of aliphatic hydroxyl groups excluding tert-OH is 1. The van der Waals surface area contributed by atoms with Gasteiger partial charge in [0.05, 0.1) is 23.8 Å². The molecule has 3 heterocycles. The van der Waals surface area contributed by atoms with Gasteiger partial charge in [0.15, 0.2) is 0 Å². The summed E-state index contributed by atoms with van der Waals surface area (Å²) >= 11 is 0. The van der Waals surface area contributed by atoms with E-state index in [-0.39, 0.29) is 18.1 Å². The Morgan fingerprint density at radius 3 is 2.59 bits per heavy atom. The average molecular weight is 395 g/mol. The number of aryl methyl sites for hydroxylation is 2. The fourth-order valence-corrected chi connectivity index (χ4v) is 2.80. The number of hydrogen-bond donors (Lipinski definition) is 3. The van der Waals surface area contributed by atoms with E-state index in [1.807, 2.05) is 25.1 Å². The van der Waals surface area contributed by atoms with Crippen LogP contribution in [0.2, 0.25) is 0 Å². The van der Waals surface area contributed by atoms with Crippen molar-refractivity contribution < 1.29 is 5.11 Å². The monoisotopic (exact) mass is 395 g/mol. The molecule has 0 radical (unpaired) electrons. The Bertz CT molecular complexity index is 971. The van der Waals surface area contributed by atoms with Gasteiger partial charge in [-0.15, -0.1) is 5.10 Å². The van der Waals surface area contributed by atoms with Crippen molar-refractivity contribution in [3.05, 3.63) is 64.5 Å². The molecule has 0 bridgehead atoms. The molecule has 1 atom stereocenters. The quantitative estimate of drug-likeness (QED) is 0.500. The van der Waals surface area contributed by atoms with E-state index in [4.69, 9.17) is 0 Å². The zero-order valence-corrected chi connectivity index (χ0v) is 16.5. The zero-order chi connectivity index (χ0) is 20.6. The fraction of sp³-hybridized carbons (Fsp3) is 0.350. The Morgan fingerprint density at radius 2 is 1.90 bits per heavy atom. The lowest BCUT2D eigenvalue weighted by atomic mass is 10.1. The SMILES string of the molecule is Cc1cnc(NC[C@H](CCO)CNc2ccc(-n3cccc(C)c3=O)cn2)nn1. The summed E-state index contributed by atoms with van der Waals surface area (Å²) in [6, 6.07) is 7.31. The average Bonchev–Trinajstić information content (AvgIpc) is 2.74. The van der Waals surface area contributed by atoms with Crippen molar-refractivity contribution in [2.24, 2.45) is 5.92 Å². The normalized spacial score (nSPS) is 11.8. The van der Waals surface area contributed by atoms with Gasteiger partial charge in [-0.2, -0.15) is 5.10 Å². The van der Waals surface area contributed by atoms with Crippen LogP contribution in [0.4, 0.5) is 11.8 Å². The van der Waals surface area contributed by atoms with Gasteiger partial charge in [0.2, 0.25) is 5.95 Å². The smallest absolute Gasteiger partial charge is 0.258 e. The van der Waals surface area contributed by atoms with Gasteiger partial charge in [-0.1, -0.05) is 6.07 Å². The Hall–Kier alpha value is -3.33. The molecule has 0 aliphatic carbocycles. The molecule has 3 N–H and O–H groups in total. The summed E-state index contributed by atoms with van der Waals surface area (Å²) in [4.78, 5) is 20.8. The maximum absolute atomic E-state index is 12.2. The number of nitrogens with one attached hydrogen (secondary N) is 2. The van der Waals surface area contributed by atoms with Crippen molar-refractivity contribution in [2.75, 3.05) is 30.3 Å². The minimum atomic E-state index is -0.0584. The fourth-order valence-electron chi connectivity index (χ4n) is 2.80. The predicted molar refractivity (Wildman–Crippen MR) is 111 cm³/mol. The molecular formula is C20H25N7O2. The molecule has 9 nitrogen and oxygen atoms in total. The Labute approximate surface area is 168 Å². The summed E-state index contributed by atoms with van der Waals surface area (Å²) in [6.07, 6.45) is 5.66. The van der Waals surface area contributed by atoms with Gasteiger partial charge in [0, 0.05) is 31.5 Å². The van der Waals surface area contributed by atoms with Crippen LogP contribution in [0.25, 0.3) is 5.69 Å². The highest BCUT2D eigenvalue weighted by atomic mass is 16.3. The minimum absolute atomic E-state index is 0.0584. The number of pyridine rings is 2. The molecule has 0 saturated heterocycles. The van der Waals surface area contributed by atoms with Gasteiger partial charge < -0.3 is 15.7 Å². The predicted octanol–water partition coefficient (Wildman–Crippen LogP) is 1.56. The summed E-state index contributed by atoms with van der Waals surface area (Å²) < 4.78 is 1.57. The van der Waals surface area contributed by atoms with Gasteiger partial charge in [-0.3, -0.25) is 9.36 Å². The van der Waals surface area contributed by atoms with Crippen molar-refractivity contribution in [2.45, 2.75) is 20.3 Å². The molecule has 0 aromatic carbocycles. The molecule has 0 aliphatic heterocycles. The lowest BCUT2D eigenvalue weighted by Gasteiger charge is -2.17. The maximum Gasteiger partial charge on any atom is 0.258 e. The largest absolute Gasteiger partial charge is 0.396 e. The van der Waals surface area contributed by atoms with E-state index in [1.165, 1.54) is 0 Å². The number of aromatic nitrogens is 5. The van der Waals surface area contributed by atoms with Crippen LogP contribution >= 0.6 is 0 Å². The highest BCUT2D eigenvalue weighted by molar-refractivity contribution is 5.41. The number of aliphatic hydroxyl groups is 1. The van der Waals surface area contributed by atoms with Gasteiger partial charge in [-0.05, 0) is 44.4 Å². The molecule has 3 aromatic rings. The van der Waals surface area contributed by atoms with Crippen LogP contribution in [0.3, 0.4) is 0 Å². The second kappa shape index (κ2) is 9.74. The summed E-state index contributed by atoms with van der Waals surface area (Å²) in [6.45, 7) is 4.91. The summed E-state index contributed by atoms with van der Waals surface area (Å²) in [5.74, 6) is 1.31. The number of rotatable bonds is 9. The summed E-state index contributed by atoms with van der Waals surface area (Å²) in [7, 11) is 0. The highest BCUT2D eigenvalue weighted by Crippen LogP contribution is 2.11. The van der Waals surface area contributed by atoms with Gasteiger partial charge in [-0.25, -0.2) is 9.97 Å². The summed E-state index contributed by atoms with van der Waals surface area (Å²) in [5.41, 5.74) is 2.09. The molecule has 3 aromatic heterocycles. The molecule has 0 saturated carbocycles. The van der Waals surface area contributed by atoms with E-state index in [2.05, 4.69) is 30.8 Å². The Kier molecular flexibility index (Phi) is 6.85. The highest BCUT2D eigenvalue weighted by Gasteiger charge is 2.10. The van der Waals surface area contributed by atoms with Crippen LogP contribution in [-0.2, 0) is 0 Å². The number of anilines is 2. The molecule has 3 rings (SSSR count). The van der Waals surface area contributed by atoms with Gasteiger partial charge >= 0.3 is 0 Å². The van der Waals surface area contributed by atoms with Crippen molar-refractivity contribution in [1.29, 1.82) is 0 Å². The van der Waals surface area contributed by atoms with Crippen LogP contribution in [0.15, 0.2) is 47.7 Å². The maximum atomic E-state index is 12.2. The molecule has 0 amide bonds. The number of nitrogens with zero attached hydrogens (tertiary/aromatic N) is 5. The third-order valence-corrected chi connectivity index (χ3v) is 4.50. The van der Waals surface area contributed by atoms with E-state index in [9.17, 15) is 9.90 Å². The lowest BCUT2D eigenvalue weighted by Crippen LogP contribution is -2.25.